The molecular formula is C31H33N3O7. The number of hydrogen-bond donors (Lipinski definition) is 3. The van der Waals surface area contributed by atoms with Gasteiger partial charge >= 0.3 is 5.69 Å². The monoisotopic (exact) mass is 559 g/mol. The molecule has 1 fully saturated rings. The van der Waals surface area contributed by atoms with E-state index in [9.17, 15) is 14.7 Å². The number of rotatable bonds is 9. The van der Waals surface area contributed by atoms with Crippen molar-refractivity contribution >= 4 is 0 Å². The normalized spacial score (nSPS) is 20.6. The van der Waals surface area contributed by atoms with Gasteiger partial charge in [0.1, 0.15) is 29.3 Å². The lowest BCUT2D eigenvalue weighted by Crippen LogP contribution is -2.44. The zero-order valence-corrected chi connectivity index (χ0v) is 23.0. The molecule has 0 amide bonds. The maximum Gasteiger partial charge on any atom is 0.330 e. The molecule has 0 unspecified atom stereocenters. The number of aliphatic hydroxyl groups excluding tert-OH is 1. The van der Waals surface area contributed by atoms with E-state index in [-0.39, 0.29) is 6.61 Å². The topological polar surface area (TPSA) is 138 Å². The van der Waals surface area contributed by atoms with Crippen molar-refractivity contribution in [1.82, 2.24) is 9.55 Å². The van der Waals surface area contributed by atoms with Gasteiger partial charge in [0.15, 0.2) is 6.23 Å². The van der Waals surface area contributed by atoms with Crippen LogP contribution in [0.15, 0.2) is 94.6 Å². The van der Waals surface area contributed by atoms with Crippen molar-refractivity contribution in [2.45, 2.75) is 37.0 Å². The van der Waals surface area contributed by atoms with Gasteiger partial charge in [-0.1, -0.05) is 54.6 Å². The van der Waals surface area contributed by atoms with Crippen LogP contribution >= 0.6 is 0 Å². The van der Waals surface area contributed by atoms with Crippen LogP contribution in [0, 0.1) is 6.92 Å². The van der Waals surface area contributed by atoms with Gasteiger partial charge in [-0.15, -0.1) is 0 Å². The molecule has 0 saturated carbocycles. The molecule has 4 N–H and O–H groups in total. The maximum atomic E-state index is 12.5. The molecule has 1 aliphatic rings. The van der Waals surface area contributed by atoms with Crippen LogP contribution < -0.4 is 26.5 Å². The Morgan fingerprint density at radius 1 is 0.902 bits per heavy atom. The van der Waals surface area contributed by atoms with Crippen molar-refractivity contribution in [2.24, 2.45) is 5.73 Å². The Labute approximate surface area is 236 Å². The Balaban J connectivity index is 1.56. The molecule has 0 aliphatic carbocycles. The molecule has 0 radical (unpaired) electrons. The summed E-state index contributed by atoms with van der Waals surface area (Å²) in [5, 5.41) is 11.0. The molecule has 10 nitrogen and oxygen atoms in total. The fourth-order valence-corrected chi connectivity index (χ4v) is 5.20. The van der Waals surface area contributed by atoms with Gasteiger partial charge in [0.25, 0.3) is 5.56 Å². The first-order chi connectivity index (χ1) is 19.8. The molecule has 41 heavy (non-hydrogen) atoms. The largest absolute Gasteiger partial charge is 0.497 e. The van der Waals surface area contributed by atoms with Crippen molar-refractivity contribution in [1.29, 1.82) is 0 Å². The van der Waals surface area contributed by atoms with Crippen LogP contribution in [0.2, 0.25) is 0 Å². The van der Waals surface area contributed by atoms with E-state index in [1.807, 2.05) is 78.9 Å². The van der Waals surface area contributed by atoms with Gasteiger partial charge in [-0.25, -0.2) is 4.79 Å². The lowest BCUT2D eigenvalue weighted by atomic mass is 9.80. The van der Waals surface area contributed by atoms with Gasteiger partial charge in [0.2, 0.25) is 0 Å². The number of ether oxygens (including phenoxy) is 4. The molecule has 1 saturated heterocycles. The number of benzene rings is 3. The van der Waals surface area contributed by atoms with E-state index in [1.54, 1.807) is 21.1 Å². The lowest BCUT2D eigenvalue weighted by Gasteiger charge is -2.37. The van der Waals surface area contributed by atoms with Crippen LogP contribution in [0.4, 0.5) is 0 Å². The van der Waals surface area contributed by atoms with Crippen molar-refractivity contribution < 1.29 is 24.1 Å². The smallest absolute Gasteiger partial charge is 0.330 e. The second-order valence-corrected chi connectivity index (χ2v) is 9.93. The molecule has 0 bridgehead atoms. The van der Waals surface area contributed by atoms with Crippen LogP contribution in [-0.4, -0.2) is 53.7 Å². The summed E-state index contributed by atoms with van der Waals surface area (Å²) in [6.45, 7) is 1.54. The highest BCUT2D eigenvalue weighted by atomic mass is 16.6. The Morgan fingerprint density at radius 2 is 1.44 bits per heavy atom. The summed E-state index contributed by atoms with van der Waals surface area (Å²) in [6.07, 6.45) is -1.75. The fraction of sp³-hybridized carbons (Fsp3) is 0.290. The first-order valence-electron chi connectivity index (χ1n) is 13.2. The Hall–Kier alpha value is -4.22. The maximum absolute atomic E-state index is 12.5. The minimum absolute atomic E-state index is 0.0290. The zero-order valence-electron chi connectivity index (χ0n) is 23.0. The number of aromatic amines is 1. The number of H-pyrrole nitrogens is 1. The summed E-state index contributed by atoms with van der Waals surface area (Å²) < 4.78 is 24.9. The quantitative estimate of drug-likeness (QED) is 0.266. The average molecular weight is 560 g/mol. The van der Waals surface area contributed by atoms with Crippen molar-refractivity contribution in [3.63, 3.8) is 0 Å². The number of aromatic nitrogens is 2. The first kappa shape index (κ1) is 28.3. The van der Waals surface area contributed by atoms with Gasteiger partial charge in [-0.3, -0.25) is 14.3 Å². The first-order valence-corrected chi connectivity index (χ1v) is 13.2. The summed E-state index contributed by atoms with van der Waals surface area (Å²) in [6, 6.07) is 24.1. The molecule has 10 heteroatoms. The molecule has 214 valence electrons. The second-order valence-electron chi connectivity index (χ2n) is 9.93. The average Bonchev–Trinajstić information content (AvgIpc) is 3.29. The highest BCUT2D eigenvalue weighted by Crippen LogP contribution is 2.42. The Morgan fingerprint density at radius 3 is 1.98 bits per heavy atom. The number of nitrogens with zero attached hydrogens (tertiary/aromatic N) is 1. The molecule has 2 heterocycles. The predicted octanol–water partition coefficient (Wildman–Crippen LogP) is 2.46. The van der Waals surface area contributed by atoms with E-state index >= 15 is 0 Å². The molecule has 5 rings (SSSR count). The van der Waals surface area contributed by atoms with Crippen LogP contribution in [0.5, 0.6) is 11.5 Å². The number of methoxy groups -OCH3 is 2. The van der Waals surface area contributed by atoms with E-state index in [0.29, 0.717) is 17.1 Å². The fourth-order valence-electron chi connectivity index (χ4n) is 5.20. The third kappa shape index (κ3) is 5.30. The minimum atomic E-state index is -1.22. The van der Waals surface area contributed by atoms with Gasteiger partial charge < -0.3 is 29.8 Å². The zero-order chi connectivity index (χ0) is 29.1. The second kappa shape index (κ2) is 11.7. The van der Waals surface area contributed by atoms with Gasteiger partial charge in [-0.2, -0.15) is 0 Å². The molecule has 4 aromatic rings. The van der Waals surface area contributed by atoms with E-state index in [2.05, 4.69) is 4.98 Å². The van der Waals surface area contributed by atoms with E-state index in [1.165, 1.54) is 6.20 Å². The highest BCUT2D eigenvalue weighted by molar-refractivity contribution is 5.49. The van der Waals surface area contributed by atoms with Crippen LogP contribution in [0.3, 0.4) is 0 Å². The van der Waals surface area contributed by atoms with Crippen LogP contribution in [0.1, 0.15) is 28.5 Å². The molecule has 1 aliphatic heterocycles. The molecule has 0 spiro atoms. The molecular weight excluding hydrogens is 526 g/mol. The standard InChI is InChI=1S/C31H33N3O7/c1-19-17-34(30(37)33-28(19)36)29-27(35)26(32)25(41-29)18-40-31(20-7-5-4-6-8-20,21-9-13-23(38-2)14-10-21)22-11-15-24(39-3)16-12-22/h4-17,25-27,29,35H,18,32H2,1-3H3,(H,33,36,37)/t25-,26-,27-,29-/m1/s1. The Bertz CT molecular complexity index is 1540. The van der Waals surface area contributed by atoms with Crippen molar-refractivity contribution in [3.05, 3.63) is 128 Å². The van der Waals surface area contributed by atoms with E-state index in [4.69, 9.17) is 24.7 Å². The van der Waals surface area contributed by atoms with Crippen LogP contribution in [0.25, 0.3) is 0 Å². The third-order valence-corrected chi connectivity index (χ3v) is 7.49. The van der Waals surface area contributed by atoms with E-state index < -0.39 is 41.3 Å². The molecule has 3 aromatic carbocycles. The summed E-state index contributed by atoms with van der Waals surface area (Å²) in [4.78, 5) is 26.7. The number of nitrogens with one attached hydrogen (secondary N) is 1. The van der Waals surface area contributed by atoms with Gasteiger partial charge in [0.05, 0.1) is 26.9 Å². The number of nitrogens with two attached hydrogens (primary N) is 1. The Kier molecular flexibility index (Phi) is 8.09. The summed E-state index contributed by atoms with van der Waals surface area (Å²) in [5.41, 5.74) is 6.90. The minimum Gasteiger partial charge on any atom is -0.497 e. The van der Waals surface area contributed by atoms with Crippen molar-refractivity contribution in [3.8, 4) is 11.5 Å². The third-order valence-electron chi connectivity index (χ3n) is 7.49. The number of aliphatic hydroxyl groups is 1. The van der Waals surface area contributed by atoms with Crippen molar-refractivity contribution in [2.75, 3.05) is 20.8 Å². The lowest BCUT2D eigenvalue weighted by molar-refractivity contribution is -0.0884. The van der Waals surface area contributed by atoms with Crippen LogP contribution in [-0.2, 0) is 15.1 Å². The summed E-state index contributed by atoms with van der Waals surface area (Å²) >= 11 is 0. The predicted molar refractivity (Wildman–Crippen MR) is 152 cm³/mol. The van der Waals surface area contributed by atoms with Gasteiger partial charge in [-0.05, 0) is 47.9 Å². The number of aryl methyl sites for hydroxylation is 1. The summed E-state index contributed by atoms with van der Waals surface area (Å²) in [5.74, 6) is 1.39. The molecule has 1 aromatic heterocycles. The van der Waals surface area contributed by atoms with Gasteiger partial charge in [0, 0.05) is 11.8 Å². The highest BCUT2D eigenvalue weighted by Gasteiger charge is 2.46. The molecule has 4 atom stereocenters. The number of hydrogen-bond acceptors (Lipinski definition) is 8. The van der Waals surface area contributed by atoms with E-state index in [0.717, 1.165) is 21.3 Å². The SMILES string of the molecule is COc1ccc(C(OC[C@H]2O[C@@H](n3cc(C)c(=O)[nH]c3=O)[C@H](O)[C@@H]2N)(c2ccccc2)c2ccc(OC)cc2)cc1. The summed E-state index contributed by atoms with van der Waals surface area (Å²) in [7, 11) is 3.21.